The summed E-state index contributed by atoms with van der Waals surface area (Å²) in [4.78, 5) is 0. The van der Waals surface area contributed by atoms with Crippen molar-refractivity contribution >= 4 is 0 Å². The molecule has 0 radical (unpaired) electrons. The summed E-state index contributed by atoms with van der Waals surface area (Å²) in [6, 6.07) is 3.91. The summed E-state index contributed by atoms with van der Waals surface area (Å²) >= 11 is 0. The molecule has 0 aliphatic carbocycles. The summed E-state index contributed by atoms with van der Waals surface area (Å²) in [7, 11) is 1.61. The summed E-state index contributed by atoms with van der Waals surface area (Å²) in [5, 5.41) is 19.3. The van der Waals surface area contributed by atoms with Crippen LogP contribution in [-0.4, -0.2) is 23.9 Å². The molecule has 1 rings (SSSR count). The lowest BCUT2D eigenvalue weighted by molar-refractivity contribution is 0.0379. The molecule has 0 saturated carbocycles. The van der Waals surface area contributed by atoms with Crippen molar-refractivity contribution in [1.29, 1.82) is 0 Å². The summed E-state index contributed by atoms with van der Waals surface area (Å²) in [6.07, 6.45) is 1.09. The number of aryl methyl sites for hydroxylation is 2. The van der Waals surface area contributed by atoms with E-state index in [0.717, 1.165) is 16.7 Å². The monoisotopic (exact) mass is 238 g/mol. The first-order chi connectivity index (χ1) is 7.92. The molecule has 0 bridgehead atoms. The van der Waals surface area contributed by atoms with Crippen molar-refractivity contribution in [2.24, 2.45) is 0 Å². The Morgan fingerprint density at radius 2 is 1.82 bits per heavy atom. The Hall–Kier alpha value is -1.06. The Balaban J connectivity index is 3.14. The minimum absolute atomic E-state index is 0.0866. The lowest BCUT2D eigenvalue weighted by atomic mass is 9.88. The molecule has 2 N–H and O–H groups in total. The van der Waals surface area contributed by atoms with Crippen molar-refractivity contribution in [3.8, 4) is 5.75 Å². The van der Waals surface area contributed by atoms with Gasteiger partial charge in [0.15, 0.2) is 0 Å². The highest BCUT2D eigenvalue weighted by atomic mass is 16.5. The fraction of sp³-hybridized carbons (Fsp3) is 0.571. The third-order valence-electron chi connectivity index (χ3n) is 3.22. The molecule has 17 heavy (non-hydrogen) atoms. The Labute approximate surface area is 103 Å². The van der Waals surface area contributed by atoms with Crippen molar-refractivity contribution in [2.45, 2.75) is 39.2 Å². The quantitative estimate of drug-likeness (QED) is 0.827. The maximum atomic E-state index is 10.5. The van der Waals surface area contributed by atoms with Gasteiger partial charge in [0.2, 0.25) is 0 Å². The van der Waals surface area contributed by atoms with E-state index in [-0.39, 0.29) is 6.61 Å². The lowest BCUT2D eigenvalue weighted by Crippen LogP contribution is -2.22. The van der Waals surface area contributed by atoms with E-state index in [1.54, 1.807) is 14.0 Å². The van der Waals surface area contributed by atoms with Crippen LogP contribution in [0.4, 0.5) is 0 Å². The molecule has 1 unspecified atom stereocenters. The minimum atomic E-state index is -0.966. The molecule has 0 aliphatic rings. The Bertz CT molecular complexity index is 383. The Morgan fingerprint density at radius 3 is 2.35 bits per heavy atom. The van der Waals surface area contributed by atoms with Crippen LogP contribution < -0.4 is 4.74 Å². The van der Waals surface area contributed by atoms with E-state index in [0.29, 0.717) is 18.6 Å². The number of rotatable bonds is 5. The fourth-order valence-corrected chi connectivity index (χ4v) is 1.94. The van der Waals surface area contributed by atoms with Crippen LogP contribution in [0.2, 0.25) is 0 Å². The highest BCUT2D eigenvalue weighted by Gasteiger charge is 2.26. The number of ether oxygens (including phenoxy) is 1. The van der Waals surface area contributed by atoms with Gasteiger partial charge in [0.1, 0.15) is 5.75 Å². The minimum Gasteiger partial charge on any atom is -0.496 e. The van der Waals surface area contributed by atoms with Crippen molar-refractivity contribution in [1.82, 2.24) is 0 Å². The predicted molar refractivity (Wildman–Crippen MR) is 68.4 cm³/mol. The van der Waals surface area contributed by atoms with Gasteiger partial charge in [-0.2, -0.15) is 0 Å². The molecule has 0 heterocycles. The van der Waals surface area contributed by atoms with Crippen LogP contribution in [0.25, 0.3) is 0 Å². The maximum absolute atomic E-state index is 10.5. The molecule has 1 aromatic rings. The van der Waals surface area contributed by atoms with E-state index in [2.05, 4.69) is 0 Å². The van der Waals surface area contributed by atoms with Crippen LogP contribution in [-0.2, 0) is 5.60 Å². The summed E-state index contributed by atoms with van der Waals surface area (Å²) in [5.74, 6) is 0.705. The molecule has 0 spiro atoms. The first-order valence-electron chi connectivity index (χ1n) is 5.91. The summed E-state index contributed by atoms with van der Waals surface area (Å²) in [6.45, 7) is 5.88. The van der Waals surface area contributed by atoms with E-state index >= 15 is 0 Å². The van der Waals surface area contributed by atoms with Crippen LogP contribution in [0.15, 0.2) is 12.1 Å². The van der Waals surface area contributed by atoms with Gasteiger partial charge in [-0.1, -0.05) is 0 Å². The van der Waals surface area contributed by atoms with Gasteiger partial charge in [-0.15, -0.1) is 0 Å². The Kier molecular flexibility index (Phi) is 4.54. The Morgan fingerprint density at radius 1 is 1.24 bits per heavy atom. The van der Waals surface area contributed by atoms with E-state index < -0.39 is 5.60 Å². The van der Waals surface area contributed by atoms with Crippen molar-refractivity contribution in [3.63, 3.8) is 0 Å². The van der Waals surface area contributed by atoms with Gasteiger partial charge >= 0.3 is 0 Å². The molecule has 0 aliphatic heterocycles. The van der Waals surface area contributed by atoms with Crippen molar-refractivity contribution in [2.75, 3.05) is 13.7 Å². The zero-order valence-corrected chi connectivity index (χ0v) is 11.1. The first kappa shape index (κ1) is 14.0. The third kappa shape index (κ3) is 3.20. The van der Waals surface area contributed by atoms with Crippen molar-refractivity contribution < 1.29 is 14.9 Å². The van der Waals surface area contributed by atoms with Gasteiger partial charge in [0.25, 0.3) is 0 Å². The topological polar surface area (TPSA) is 49.7 Å². The molecule has 0 fully saturated rings. The van der Waals surface area contributed by atoms with Gasteiger partial charge < -0.3 is 14.9 Å². The smallest absolute Gasteiger partial charge is 0.125 e. The van der Waals surface area contributed by atoms with Crippen LogP contribution in [0.1, 0.15) is 36.5 Å². The summed E-state index contributed by atoms with van der Waals surface area (Å²) < 4.78 is 5.32. The molecule has 0 saturated heterocycles. The SMILES string of the molecule is COc1cc(C)c(C)cc1C(C)(O)CCCO. The number of benzene rings is 1. The van der Waals surface area contributed by atoms with Crippen LogP contribution in [0.5, 0.6) is 5.75 Å². The van der Waals surface area contributed by atoms with Gasteiger partial charge in [0.05, 0.1) is 12.7 Å². The zero-order chi connectivity index (χ0) is 13.1. The second kappa shape index (κ2) is 5.52. The third-order valence-corrected chi connectivity index (χ3v) is 3.22. The molecule has 0 aromatic heterocycles. The zero-order valence-electron chi connectivity index (χ0n) is 11.1. The normalized spacial score (nSPS) is 14.5. The van der Waals surface area contributed by atoms with E-state index in [4.69, 9.17) is 9.84 Å². The van der Waals surface area contributed by atoms with Crippen LogP contribution in [0.3, 0.4) is 0 Å². The molecular formula is C14H22O3. The number of methoxy groups -OCH3 is 1. The number of hydrogen-bond acceptors (Lipinski definition) is 3. The van der Waals surface area contributed by atoms with Crippen molar-refractivity contribution in [3.05, 3.63) is 28.8 Å². The van der Waals surface area contributed by atoms with Crippen LogP contribution >= 0.6 is 0 Å². The van der Waals surface area contributed by atoms with Gasteiger partial charge in [0, 0.05) is 12.2 Å². The first-order valence-corrected chi connectivity index (χ1v) is 5.91. The predicted octanol–water partition coefficient (Wildman–Crippen LogP) is 2.29. The second-order valence-electron chi connectivity index (χ2n) is 4.74. The number of aliphatic hydroxyl groups excluding tert-OH is 1. The molecule has 3 heteroatoms. The average molecular weight is 238 g/mol. The van der Waals surface area contributed by atoms with Crippen LogP contribution in [0, 0.1) is 13.8 Å². The van der Waals surface area contributed by atoms with Gasteiger partial charge in [-0.05, 0) is 56.9 Å². The molecule has 1 aromatic carbocycles. The second-order valence-corrected chi connectivity index (χ2v) is 4.74. The van der Waals surface area contributed by atoms with E-state index in [9.17, 15) is 5.11 Å². The fourth-order valence-electron chi connectivity index (χ4n) is 1.94. The number of hydrogen-bond donors (Lipinski definition) is 2. The highest BCUT2D eigenvalue weighted by molar-refractivity contribution is 5.44. The summed E-state index contributed by atoms with van der Waals surface area (Å²) in [5.41, 5.74) is 2.09. The van der Waals surface area contributed by atoms with Gasteiger partial charge in [-0.3, -0.25) is 0 Å². The maximum Gasteiger partial charge on any atom is 0.125 e. The largest absolute Gasteiger partial charge is 0.496 e. The molecule has 0 amide bonds. The molecule has 3 nitrogen and oxygen atoms in total. The standard InChI is InChI=1S/C14H22O3/c1-10-8-12(13(17-4)9-11(10)2)14(3,16)6-5-7-15/h8-9,15-16H,5-7H2,1-4H3. The van der Waals surface area contributed by atoms with E-state index in [1.165, 1.54) is 0 Å². The van der Waals surface area contributed by atoms with E-state index in [1.807, 2.05) is 26.0 Å². The average Bonchev–Trinajstić information content (AvgIpc) is 2.29. The molecule has 96 valence electrons. The highest BCUT2D eigenvalue weighted by Crippen LogP contribution is 2.35. The lowest BCUT2D eigenvalue weighted by Gasteiger charge is -2.26. The number of aliphatic hydroxyl groups is 2. The molecule has 1 atom stereocenters. The van der Waals surface area contributed by atoms with Gasteiger partial charge in [-0.25, -0.2) is 0 Å². The molecular weight excluding hydrogens is 216 g/mol.